The van der Waals surface area contributed by atoms with E-state index in [2.05, 4.69) is 20.0 Å². The quantitative estimate of drug-likeness (QED) is 0.201. The summed E-state index contributed by atoms with van der Waals surface area (Å²) in [6.45, 7) is 5.52. The Hall–Kier alpha value is -3.33. The molecule has 2 fully saturated rings. The minimum absolute atomic E-state index is 0.0331. The van der Waals surface area contributed by atoms with E-state index in [1.165, 1.54) is 20.4 Å². The van der Waals surface area contributed by atoms with Crippen LogP contribution in [0, 0.1) is 5.92 Å². The zero-order valence-corrected chi connectivity index (χ0v) is 24.6. The topological polar surface area (TPSA) is 191 Å². The van der Waals surface area contributed by atoms with Crippen LogP contribution >= 0.6 is 7.75 Å². The molecular formula is C26H35N6O9P. The Labute approximate surface area is 242 Å². The van der Waals surface area contributed by atoms with Gasteiger partial charge in [-0.3, -0.25) is 13.9 Å². The zero-order valence-electron chi connectivity index (χ0n) is 23.7. The van der Waals surface area contributed by atoms with Crippen LogP contribution in [0.1, 0.15) is 33.4 Å². The van der Waals surface area contributed by atoms with Gasteiger partial charge in [-0.05, 0) is 25.0 Å². The molecule has 2 unspecified atom stereocenters. The summed E-state index contributed by atoms with van der Waals surface area (Å²) in [6.07, 6.45) is -1.14. The van der Waals surface area contributed by atoms with Gasteiger partial charge in [-0.1, -0.05) is 32.0 Å². The number of carbonyl (C=O) groups is 1. The molecule has 228 valence electrons. The molecule has 4 N–H and O–H groups in total. The zero-order chi connectivity index (χ0) is 30.1. The number of ether oxygens (including phenoxy) is 4. The molecule has 2 saturated heterocycles. The average Bonchev–Trinajstić information content (AvgIpc) is 3.48. The van der Waals surface area contributed by atoms with E-state index < -0.39 is 43.8 Å². The Morgan fingerprint density at radius 3 is 2.67 bits per heavy atom. The Morgan fingerprint density at radius 2 is 2.02 bits per heavy atom. The van der Waals surface area contributed by atoms with E-state index in [0.29, 0.717) is 24.2 Å². The number of hydrogen-bond acceptors (Lipinski definition) is 13. The Morgan fingerprint density at radius 1 is 1.29 bits per heavy atom. The van der Waals surface area contributed by atoms with Crippen molar-refractivity contribution in [3.63, 3.8) is 0 Å². The largest absolute Gasteiger partial charge is 0.479 e. The maximum absolute atomic E-state index is 13.9. The first-order chi connectivity index (χ1) is 20.0. The number of methoxy groups -OCH3 is 1. The molecule has 2 aromatic heterocycles. The summed E-state index contributed by atoms with van der Waals surface area (Å²) in [7, 11) is -2.76. The molecule has 3 aromatic rings. The number of carbonyl (C=O) groups excluding carboxylic acids is 1. The molecule has 0 saturated carbocycles. The minimum atomic E-state index is -4.20. The molecule has 4 heterocycles. The number of imidazole rings is 1. The van der Waals surface area contributed by atoms with Crippen LogP contribution in [-0.2, 0) is 28.1 Å². The fraction of sp³-hybridized carbons (Fsp3) is 0.538. The first kappa shape index (κ1) is 30.1. The van der Waals surface area contributed by atoms with Crippen molar-refractivity contribution in [3.8, 4) is 11.6 Å². The van der Waals surface area contributed by atoms with Crippen LogP contribution in [0.3, 0.4) is 0 Å². The lowest BCUT2D eigenvalue weighted by molar-refractivity contribution is -0.225. The highest BCUT2D eigenvalue weighted by Crippen LogP contribution is 2.51. The molecule has 0 aliphatic carbocycles. The van der Waals surface area contributed by atoms with Crippen molar-refractivity contribution >= 4 is 30.8 Å². The molecule has 0 radical (unpaired) electrons. The van der Waals surface area contributed by atoms with Crippen molar-refractivity contribution in [1.29, 1.82) is 0 Å². The smallest absolute Gasteiger partial charge is 0.459 e. The van der Waals surface area contributed by atoms with E-state index >= 15 is 0 Å². The second-order valence-corrected chi connectivity index (χ2v) is 12.2. The van der Waals surface area contributed by atoms with E-state index in [0.717, 1.165) is 0 Å². The van der Waals surface area contributed by atoms with Gasteiger partial charge >= 0.3 is 13.7 Å². The van der Waals surface area contributed by atoms with Crippen LogP contribution in [0.15, 0.2) is 36.7 Å². The summed E-state index contributed by atoms with van der Waals surface area (Å²) in [5.41, 5.74) is 5.40. The van der Waals surface area contributed by atoms with Crippen molar-refractivity contribution in [2.75, 3.05) is 32.7 Å². The number of fused-ring (bicyclic) bond motifs is 1. The summed E-state index contributed by atoms with van der Waals surface area (Å²) in [4.78, 5) is 25.2. The molecule has 0 amide bonds. The molecule has 42 heavy (non-hydrogen) atoms. The number of aliphatic hydroxyl groups excluding tert-OH is 1. The monoisotopic (exact) mass is 606 g/mol. The predicted octanol–water partition coefficient (Wildman–Crippen LogP) is 2.22. The highest BCUT2D eigenvalue weighted by Gasteiger charge is 2.62. The van der Waals surface area contributed by atoms with Crippen LogP contribution in [0.5, 0.6) is 11.6 Å². The van der Waals surface area contributed by atoms with Gasteiger partial charge in [-0.25, -0.2) is 9.55 Å². The SMILES string of the molecule is COc1nc(N)nc2c1ncn2C1O[C@H](COP(=O)(N[C@@H](C)C(=O)OCC(C)C)Oc2ccccc2)[C@@H](O)[C@]12CCO2. The van der Waals surface area contributed by atoms with Crippen molar-refractivity contribution in [1.82, 2.24) is 24.6 Å². The Balaban J connectivity index is 1.37. The van der Waals surface area contributed by atoms with Crippen LogP contribution in [0.4, 0.5) is 5.95 Å². The van der Waals surface area contributed by atoms with Crippen LogP contribution in [0.2, 0.25) is 0 Å². The lowest BCUT2D eigenvalue weighted by Crippen LogP contribution is -2.56. The molecule has 1 aromatic carbocycles. The van der Waals surface area contributed by atoms with Crippen molar-refractivity contribution in [2.45, 2.75) is 57.3 Å². The molecule has 15 nitrogen and oxygen atoms in total. The number of benzene rings is 1. The van der Waals surface area contributed by atoms with Crippen LogP contribution < -0.4 is 20.1 Å². The first-order valence-corrected chi connectivity index (χ1v) is 15.0. The van der Waals surface area contributed by atoms with Gasteiger partial charge < -0.3 is 34.3 Å². The van der Waals surface area contributed by atoms with Gasteiger partial charge in [-0.2, -0.15) is 15.1 Å². The van der Waals surface area contributed by atoms with Crippen molar-refractivity contribution in [3.05, 3.63) is 36.7 Å². The molecule has 2 aliphatic rings. The molecular weight excluding hydrogens is 571 g/mol. The summed E-state index contributed by atoms with van der Waals surface area (Å²) in [5, 5.41) is 14.0. The second-order valence-electron chi connectivity index (χ2n) is 10.5. The molecule has 1 spiro atoms. The fourth-order valence-electron chi connectivity index (χ4n) is 4.78. The van der Waals surface area contributed by atoms with E-state index in [1.807, 2.05) is 13.8 Å². The van der Waals surface area contributed by atoms with E-state index in [-0.39, 0.29) is 36.7 Å². The number of hydrogen-bond donors (Lipinski definition) is 3. The maximum atomic E-state index is 13.9. The minimum Gasteiger partial charge on any atom is -0.479 e. The fourth-order valence-corrected chi connectivity index (χ4v) is 6.28. The number of anilines is 1. The number of esters is 1. The van der Waals surface area contributed by atoms with Gasteiger partial charge in [-0.15, -0.1) is 0 Å². The van der Waals surface area contributed by atoms with E-state index in [1.54, 1.807) is 34.9 Å². The lowest BCUT2D eigenvalue weighted by Gasteiger charge is -2.44. The number of nitrogens with two attached hydrogens (primary N) is 1. The van der Waals surface area contributed by atoms with E-state index in [4.69, 9.17) is 33.7 Å². The molecule has 16 heteroatoms. The van der Waals surface area contributed by atoms with Crippen molar-refractivity contribution < 1.29 is 42.5 Å². The van der Waals surface area contributed by atoms with Gasteiger partial charge in [0.05, 0.1) is 33.3 Å². The normalized spacial score (nSPS) is 25.7. The number of nitrogen functional groups attached to an aromatic ring is 1. The maximum Gasteiger partial charge on any atom is 0.459 e. The van der Waals surface area contributed by atoms with Crippen LogP contribution in [0.25, 0.3) is 11.2 Å². The number of rotatable bonds is 12. The summed E-state index contributed by atoms with van der Waals surface area (Å²) in [6, 6.07) is 7.34. The summed E-state index contributed by atoms with van der Waals surface area (Å²) >= 11 is 0. The van der Waals surface area contributed by atoms with Crippen LogP contribution in [-0.4, -0.2) is 81.4 Å². The number of nitrogens with zero attached hydrogens (tertiary/aromatic N) is 4. The van der Waals surface area contributed by atoms with Gasteiger partial charge in [0, 0.05) is 6.42 Å². The summed E-state index contributed by atoms with van der Waals surface area (Å²) < 4.78 is 49.7. The first-order valence-electron chi connectivity index (χ1n) is 13.5. The third-order valence-corrected chi connectivity index (χ3v) is 8.58. The highest BCUT2D eigenvalue weighted by atomic mass is 31.2. The standard InChI is InChI=1S/C26H35N6O9P/c1-15(2)12-37-23(34)16(3)31-42(35,41-17-8-6-5-7-9-17)39-13-18-20(33)26(10-11-38-26)24(40-18)32-14-28-19-21(32)29-25(27)30-22(19)36-4/h5-9,14-16,18,20,24,33H,10-13H2,1-4H3,(H,31,35)(H2,27,29,30)/t16-,18+,20+,24?,26+,42?/m0/s1. The molecule has 2 aliphatic heterocycles. The number of nitrogens with one attached hydrogen (secondary N) is 1. The summed E-state index contributed by atoms with van der Waals surface area (Å²) in [5.74, 6) is -0.0985. The number of aliphatic hydroxyl groups is 1. The van der Waals surface area contributed by atoms with Gasteiger partial charge in [0.15, 0.2) is 17.4 Å². The Kier molecular flexibility index (Phi) is 8.69. The van der Waals surface area contributed by atoms with Crippen molar-refractivity contribution in [2.24, 2.45) is 5.92 Å². The van der Waals surface area contributed by atoms with E-state index in [9.17, 15) is 14.5 Å². The van der Waals surface area contributed by atoms with Gasteiger partial charge in [0.2, 0.25) is 11.8 Å². The number of aromatic nitrogens is 4. The lowest BCUT2D eigenvalue weighted by atomic mass is 9.86. The molecule has 0 bridgehead atoms. The number of para-hydroxylation sites is 1. The average molecular weight is 607 g/mol. The third-order valence-electron chi connectivity index (χ3n) is 6.93. The molecule has 5 rings (SSSR count). The molecule has 6 atom stereocenters. The predicted molar refractivity (Wildman–Crippen MR) is 149 cm³/mol. The highest BCUT2D eigenvalue weighted by molar-refractivity contribution is 7.52. The van der Waals surface area contributed by atoms with Gasteiger partial charge in [0.1, 0.15) is 29.6 Å². The third kappa shape index (κ3) is 5.93. The second kappa shape index (κ2) is 12.1. The van der Waals surface area contributed by atoms with Gasteiger partial charge in [0.25, 0.3) is 0 Å². The Bertz CT molecular complexity index is 1450.